The maximum atomic E-state index is 12.7. The molecule has 1 aromatic rings. The van der Waals surface area contributed by atoms with E-state index in [0.717, 1.165) is 12.1 Å². The third kappa shape index (κ3) is 4.01. The van der Waals surface area contributed by atoms with Gasteiger partial charge in [0.2, 0.25) is 0 Å². The summed E-state index contributed by atoms with van der Waals surface area (Å²) in [6, 6.07) is 3.59. The highest BCUT2D eigenvalue weighted by atomic mass is 35.5. The van der Waals surface area contributed by atoms with E-state index in [9.17, 15) is 12.8 Å². The second-order valence-corrected chi connectivity index (χ2v) is 4.19. The van der Waals surface area contributed by atoms with E-state index in [0.29, 0.717) is 5.56 Å². The lowest BCUT2D eigenvalue weighted by Crippen LogP contribution is -2.15. The van der Waals surface area contributed by atoms with Crippen LogP contribution in [0.1, 0.15) is 5.56 Å². The zero-order valence-corrected chi connectivity index (χ0v) is 8.48. The molecule has 0 aromatic heterocycles. The summed E-state index contributed by atoms with van der Waals surface area (Å²) in [6.45, 7) is -0.337. The number of rotatable bonds is 3. The molecule has 78 valence electrons. The molecule has 1 rings (SSSR count). The molecule has 0 radical (unpaired) electrons. The van der Waals surface area contributed by atoms with Crippen LogP contribution in [0.3, 0.4) is 0 Å². The van der Waals surface area contributed by atoms with Gasteiger partial charge in [0, 0.05) is 5.02 Å². The molecule has 0 bridgehead atoms. The van der Waals surface area contributed by atoms with E-state index in [1.165, 1.54) is 6.07 Å². The lowest BCUT2D eigenvalue weighted by atomic mass is 10.2. The zero-order chi connectivity index (χ0) is 10.8. The topological polar surface area (TPSA) is 69.4 Å². The van der Waals surface area contributed by atoms with E-state index in [4.69, 9.17) is 11.6 Å². The SMILES string of the molecule is NS(=O)(=O)OCc1cc(F)cc(Cl)c1. The molecule has 14 heavy (non-hydrogen) atoms. The molecule has 0 aliphatic rings. The van der Waals surface area contributed by atoms with Crippen molar-refractivity contribution >= 4 is 21.9 Å². The first-order chi connectivity index (χ1) is 6.37. The largest absolute Gasteiger partial charge is 0.333 e. The van der Waals surface area contributed by atoms with E-state index < -0.39 is 16.1 Å². The minimum atomic E-state index is -4.01. The van der Waals surface area contributed by atoms with E-state index in [1.54, 1.807) is 0 Å². The summed E-state index contributed by atoms with van der Waals surface area (Å²) in [5, 5.41) is 4.75. The van der Waals surface area contributed by atoms with E-state index in [-0.39, 0.29) is 11.6 Å². The Morgan fingerprint density at radius 1 is 1.43 bits per heavy atom. The van der Waals surface area contributed by atoms with Crippen LogP contribution in [0, 0.1) is 5.82 Å². The quantitative estimate of drug-likeness (QED) is 0.862. The Labute approximate surface area is 85.7 Å². The van der Waals surface area contributed by atoms with Crippen LogP contribution < -0.4 is 5.14 Å². The zero-order valence-electron chi connectivity index (χ0n) is 6.91. The smallest absolute Gasteiger partial charge is 0.253 e. The predicted octanol–water partition coefficient (Wildman–Crippen LogP) is 1.20. The van der Waals surface area contributed by atoms with Gasteiger partial charge in [0.05, 0.1) is 6.61 Å². The average Bonchev–Trinajstić information content (AvgIpc) is 1.97. The Morgan fingerprint density at radius 3 is 2.57 bits per heavy atom. The van der Waals surface area contributed by atoms with Crippen molar-refractivity contribution in [3.63, 3.8) is 0 Å². The van der Waals surface area contributed by atoms with Crippen LogP contribution in [-0.4, -0.2) is 8.42 Å². The number of benzene rings is 1. The van der Waals surface area contributed by atoms with Crippen molar-refractivity contribution in [3.8, 4) is 0 Å². The van der Waals surface area contributed by atoms with Crippen molar-refractivity contribution in [2.75, 3.05) is 0 Å². The number of halogens is 2. The first-order valence-corrected chi connectivity index (χ1v) is 5.34. The minimum absolute atomic E-state index is 0.165. The molecule has 0 fully saturated rings. The molecule has 0 unspecified atom stereocenters. The van der Waals surface area contributed by atoms with Crippen LogP contribution in [0.5, 0.6) is 0 Å². The first-order valence-electron chi connectivity index (χ1n) is 3.49. The first kappa shape index (κ1) is 11.4. The molecule has 4 nitrogen and oxygen atoms in total. The Morgan fingerprint density at radius 2 is 2.07 bits per heavy atom. The lowest BCUT2D eigenvalue weighted by molar-refractivity contribution is 0.308. The Bertz CT molecular complexity index is 414. The summed E-state index contributed by atoms with van der Waals surface area (Å²) < 4.78 is 37.8. The van der Waals surface area contributed by atoms with Crippen LogP contribution in [0.2, 0.25) is 5.02 Å². The van der Waals surface area contributed by atoms with Crippen LogP contribution in [-0.2, 0) is 21.1 Å². The summed E-state index contributed by atoms with van der Waals surface area (Å²) in [6.07, 6.45) is 0. The van der Waals surface area contributed by atoms with Gasteiger partial charge < -0.3 is 0 Å². The molecule has 1 aromatic carbocycles. The molecular weight excluding hydrogens is 233 g/mol. The van der Waals surface area contributed by atoms with Gasteiger partial charge in [-0.25, -0.2) is 9.53 Å². The minimum Gasteiger partial charge on any atom is -0.253 e. The van der Waals surface area contributed by atoms with Gasteiger partial charge >= 0.3 is 10.3 Å². The second kappa shape index (κ2) is 4.22. The number of hydrogen-bond acceptors (Lipinski definition) is 3. The monoisotopic (exact) mass is 239 g/mol. The molecule has 0 spiro atoms. The highest BCUT2D eigenvalue weighted by Gasteiger charge is 2.05. The van der Waals surface area contributed by atoms with Crippen molar-refractivity contribution in [3.05, 3.63) is 34.6 Å². The molecule has 0 saturated heterocycles. The molecule has 0 aliphatic carbocycles. The lowest BCUT2D eigenvalue weighted by Gasteiger charge is -2.02. The molecule has 0 aliphatic heterocycles. The average molecular weight is 240 g/mol. The maximum absolute atomic E-state index is 12.7. The molecule has 7 heteroatoms. The predicted molar refractivity (Wildman–Crippen MR) is 49.3 cm³/mol. The maximum Gasteiger partial charge on any atom is 0.333 e. The molecule has 0 saturated carbocycles. The van der Waals surface area contributed by atoms with Gasteiger partial charge in [-0.3, -0.25) is 4.18 Å². The normalized spacial score (nSPS) is 11.6. The summed E-state index contributed by atoms with van der Waals surface area (Å²) in [4.78, 5) is 0. The third-order valence-electron chi connectivity index (χ3n) is 1.31. The molecule has 0 atom stereocenters. The van der Waals surface area contributed by atoms with Gasteiger partial charge in [-0.15, -0.1) is 0 Å². The summed E-state index contributed by atoms with van der Waals surface area (Å²) in [5.74, 6) is -0.564. The van der Waals surface area contributed by atoms with Crippen molar-refractivity contribution in [2.24, 2.45) is 5.14 Å². The van der Waals surface area contributed by atoms with Crippen molar-refractivity contribution in [1.82, 2.24) is 0 Å². The highest BCUT2D eigenvalue weighted by Crippen LogP contribution is 2.14. The van der Waals surface area contributed by atoms with Gasteiger partial charge in [-0.2, -0.15) is 8.42 Å². The standard InChI is InChI=1S/C7H7ClFNO3S/c8-6-1-5(2-7(9)3-6)4-13-14(10,11)12/h1-3H,4H2,(H2,10,11,12). The summed E-state index contributed by atoms with van der Waals surface area (Å²) in [7, 11) is -4.01. The van der Waals surface area contributed by atoms with Crippen LogP contribution in [0.4, 0.5) is 4.39 Å². The van der Waals surface area contributed by atoms with E-state index >= 15 is 0 Å². The molecule has 0 heterocycles. The Kier molecular flexibility index (Phi) is 3.43. The van der Waals surface area contributed by atoms with Gasteiger partial charge in [0.15, 0.2) is 0 Å². The van der Waals surface area contributed by atoms with Crippen LogP contribution >= 0.6 is 11.6 Å². The fraction of sp³-hybridized carbons (Fsp3) is 0.143. The fourth-order valence-electron chi connectivity index (χ4n) is 0.844. The van der Waals surface area contributed by atoms with Crippen molar-refractivity contribution < 1.29 is 17.0 Å². The third-order valence-corrected chi connectivity index (χ3v) is 1.98. The van der Waals surface area contributed by atoms with Gasteiger partial charge in [-0.05, 0) is 23.8 Å². The summed E-state index contributed by atoms with van der Waals surface area (Å²) in [5.41, 5.74) is 0.295. The van der Waals surface area contributed by atoms with E-state index in [2.05, 4.69) is 9.32 Å². The molecule has 2 N–H and O–H groups in total. The summed E-state index contributed by atoms with van der Waals surface area (Å²) >= 11 is 5.52. The van der Waals surface area contributed by atoms with Crippen molar-refractivity contribution in [2.45, 2.75) is 6.61 Å². The van der Waals surface area contributed by atoms with Crippen molar-refractivity contribution in [1.29, 1.82) is 0 Å². The van der Waals surface area contributed by atoms with Crippen LogP contribution in [0.15, 0.2) is 18.2 Å². The van der Waals surface area contributed by atoms with Gasteiger partial charge in [0.25, 0.3) is 0 Å². The van der Waals surface area contributed by atoms with E-state index in [1.807, 2.05) is 0 Å². The van der Waals surface area contributed by atoms with Crippen LogP contribution in [0.25, 0.3) is 0 Å². The van der Waals surface area contributed by atoms with Gasteiger partial charge in [0.1, 0.15) is 5.82 Å². The second-order valence-electron chi connectivity index (χ2n) is 2.53. The van der Waals surface area contributed by atoms with Gasteiger partial charge in [-0.1, -0.05) is 11.6 Å². The fourth-order valence-corrected chi connectivity index (χ4v) is 1.39. The Balaban J connectivity index is 2.78. The molecular formula is C7H7ClFNO3S. The number of hydrogen-bond donors (Lipinski definition) is 1. The number of nitrogens with two attached hydrogens (primary N) is 1. The highest BCUT2D eigenvalue weighted by molar-refractivity contribution is 7.84. The Hall–Kier alpha value is -0.690. The molecule has 0 amide bonds.